The van der Waals surface area contributed by atoms with Gasteiger partial charge in [0.15, 0.2) is 5.82 Å². The molecule has 0 saturated carbocycles. The molecule has 23 heavy (non-hydrogen) atoms. The number of aromatic nitrogens is 4. The maximum absolute atomic E-state index is 12.5. The van der Waals surface area contributed by atoms with E-state index in [0.717, 1.165) is 19.3 Å². The quantitative estimate of drug-likeness (QED) is 0.702. The lowest BCUT2D eigenvalue weighted by Crippen LogP contribution is -2.21. The first-order chi connectivity index (χ1) is 11.1. The first-order valence-electron chi connectivity index (χ1n) is 7.24. The zero-order valence-electron chi connectivity index (χ0n) is 12.4. The number of hydrogen-bond donors (Lipinski definition) is 0. The van der Waals surface area contributed by atoms with Crippen LogP contribution in [0.1, 0.15) is 31.5 Å². The van der Waals surface area contributed by atoms with Gasteiger partial charge in [0.25, 0.3) is 5.56 Å². The third kappa shape index (κ3) is 3.38. The molecule has 2 aromatic heterocycles. The van der Waals surface area contributed by atoms with Crippen LogP contribution in [0.5, 0.6) is 0 Å². The lowest BCUT2D eigenvalue weighted by Gasteiger charge is -2.05. The van der Waals surface area contributed by atoms with Gasteiger partial charge in [-0.25, -0.2) is 4.98 Å². The molecule has 3 rings (SSSR count). The summed E-state index contributed by atoms with van der Waals surface area (Å²) in [4.78, 5) is 21.0. The van der Waals surface area contributed by atoms with Crippen LogP contribution >= 0.6 is 23.2 Å². The molecule has 0 unspecified atom stereocenters. The number of hydrogen-bond acceptors (Lipinski definition) is 5. The van der Waals surface area contributed by atoms with Crippen LogP contribution in [0.25, 0.3) is 10.9 Å². The second-order valence-electron chi connectivity index (χ2n) is 5.17. The number of nitrogens with zero attached hydrogens (tertiary/aromatic N) is 4. The first-order valence-corrected chi connectivity index (χ1v) is 7.99. The molecule has 0 amide bonds. The van der Waals surface area contributed by atoms with Gasteiger partial charge in [0.2, 0.25) is 5.89 Å². The van der Waals surface area contributed by atoms with Crippen molar-refractivity contribution in [2.75, 3.05) is 0 Å². The normalized spacial score (nSPS) is 11.3. The van der Waals surface area contributed by atoms with Crippen LogP contribution in [0.15, 0.2) is 27.8 Å². The molecule has 0 fully saturated rings. The molecule has 0 aliphatic heterocycles. The minimum atomic E-state index is -0.257. The summed E-state index contributed by atoms with van der Waals surface area (Å²) in [5, 5.41) is 4.99. The van der Waals surface area contributed by atoms with E-state index in [2.05, 4.69) is 22.0 Å². The number of halogens is 2. The van der Waals surface area contributed by atoms with Crippen LogP contribution in [0.3, 0.4) is 0 Å². The lowest BCUT2D eigenvalue weighted by atomic mass is 10.2. The molecule has 120 valence electrons. The second kappa shape index (κ2) is 6.68. The first kappa shape index (κ1) is 16.0. The molecule has 8 heteroatoms. The number of unbranched alkanes of at least 4 members (excludes halogenated alkanes) is 1. The molecular weight excluding hydrogens is 339 g/mol. The zero-order valence-corrected chi connectivity index (χ0v) is 13.9. The Labute approximate surface area is 142 Å². The van der Waals surface area contributed by atoms with Crippen molar-refractivity contribution in [1.29, 1.82) is 0 Å². The standard InChI is InChI=1S/C15H14Cl2N4O2/c1-2-3-4-12-19-13(23-20-12)7-21-8-18-14-10(15(21)22)5-9(16)6-11(14)17/h5-6,8H,2-4,7H2,1H3. The highest BCUT2D eigenvalue weighted by molar-refractivity contribution is 6.38. The summed E-state index contributed by atoms with van der Waals surface area (Å²) in [6.07, 6.45) is 4.23. The van der Waals surface area contributed by atoms with Crippen LogP contribution in [-0.2, 0) is 13.0 Å². The van der Waals surface area contributed by atoms with Crippen LogP contribution in [0.4, 0.5) is 0 Å². The highest BCUT2D eigenvalue weighted by Crippen LogP contribution is 2.24. The van der Waals surface area contributed by atoms with E-state index in [1.165, 1.54) is 10.9 Å². The van der Waals surface area contributed by atoms with Crippen molar-refractivity contribution >= 4 is 34.1 Å². The van der Waals surface area contributed by atoms with Gasteiger partial charge in [-0.15, -0.1) is 0 Å². The highest BCUT2D eigenvalue weighted by atomic mass is 35.5. The molecule has 0 aliphatic carbocycles. The minimum Gasteiger partial charge on any atom is -0.337 e. The number of aryl methyl sites for hydroxylation is 1. The predicted octanol–water partition coefficient (Wildman–Crippen LogP) is 3.48. The molecule has 2 heterocycles. The molecule has 3 aromatic rings. The second-order valence-corrected chi connectivity index (χ2v) is 6.01. The number of rotatable bonds is 5. The Balaban J connectivity index is 1.93. The summed E-state index contributed by atoms with van der Waals surface area (Å²) in [7, 11) is 0. The van der Waals surface area contributed by atoms with Crippen molar-refractivity contribution in [2.45, 2.75) is 32.7 Å². The van der Waals surface area contributed by atoms with Crippen molar-refractivity contribution < 1.29 is 4.52 Å². The van der Waals surface area contributed by atoms with Crippen molar-refractivity contribution in [2.24, 2.45) is 0 Å². The molecule has 0 bridgehead atoms. The molecule has 0 aliphatic rings. The topological polar surface area (TPSA) is 73.8 Å². The SMILES string of the molecule is CCCCc1noc(Cn2cnc3c(Cl)cc(Cl)cc3c2=O)n1. The third-order valence-electron chi connectivity index (χ3n) is 3.42. The molecule has 1 aromatic carbocycles. The summed E-state index contributed by atoms with van der Waals surface area (Å²) in [6.45, 7) is 2.25. The van der Waals surface area contributed by atoms with Gasteiger partial charge < -0.3 is 4.52 Å². The summed E-state index contributed by atoms with van der Waals surface area (Å²) < 4.78 is 6.57. The Morgan fingerprint density at radius 1 is 1.30 bits per heavy atom. The van der Waals surface area contributed by atoms with E-state index in [1.54, 1.807) is 12.1 Å². The van der Waals surface area contributed by atoms with E-state index < -0.39 is 0 Å². The van der Waals surface area contributed by atoms with Gasteiger partial charge in [0.1, 0.15) is 6.54 Å². The Morgan fingerprint density at radius 3 is 2.91 bits per heavy atom. The van der Waals surface area contributed by atoms with Gasteiger partial charge in [-0.3, -0.25) is 9.36 Å². The molecular formula is C15H14Cl2N4O2. The van der Waals surface area contributed by atoms with E-state index in [0.29, 0.717) is 32.7 Å². The summed E-state index contributed by atoms with van der Waals surface area (Å²) in [5.41, 5.74) is 0.166. The Kier molecular flexibility index (Phi) is 4.63. The monoisotopic (exact) mass is 352 g/mol. The maximum Gasteiger partial charge on any atom is 0.261 e. The van der Waals surface area contributed by atoms with Crippen LogP contribution < -0.4 is 5.56 Å². The van der Waals surface area contributed by atoms with E-state index in [4.69, 9.17) is 27.7 Å². The van der Waals surface area contributed by atoms with Crippen LogP contribution in [0, 0.1) is 0 Å². The third-order valence-corrected chi connectivity index (χ3v) is 3.92. The Morgan fingerprint density at radius 2 is 2.13 bits per heavy atom. The zero-order chi connectivity index (χ0) is 16.4. The van der Waals surface area contributed by atoms with Crippen molar-refractivity contribution in [3.05, 3.63) is 50.6 Å². The molecule has 0 spiro atoms. The number of fused-ring (bicyclic) bond motifs is 1. The Hall–Kier alpha value is -1.92. The smallest absolute Gasteiger partial charge is 0.261 e. The summed E-state index contributed by atoms with van der Waals surface area (Å²) >= 11 is 12.0. The fourth-order valence-electron chi connectivity index (χ4n) is 2.24. The van der Waals surface area contributed by atoms with Gasteiger partial charge in [-0.2, -0.15) is 4.98 Å². The largest absolute Gasteiger partial charge is 0.337 e. The van der Waals surface area contributed by atoms with Gasteiger partial charge in [-0.05, 0) is 18.6 Å². The lowest BCUT2D eigenvalue weighted by molar-refractivity contribution is 0.364. The molecule has 6 nitrogen and oxygen atoms in total. The number of benzene rings is 1. The molecule has 0 saturated heterocycles. The van der Waals surface area contributed by atoms with Crippen molar-refractivity contribution in [3.8, 4) is 0 Å². The Bertz CT molecular complexity index is 904. The van der Waals surface area contributed by atoms with Crippen molar-refractivity contribution in [1.82, 2.24) is 19.7 Å². The van der Waals surface area contributed by atoms with Gasteiger partial charge >= 0.3 is 0 Å². The molecule has 0 N–H and O–H groups in total. The van der Waals surface area contributed by atoms with Gasteiger partial charge in [-0.1, -0.05) is 41.7 Å². The van der Waals surface area contributed by atoms with E-state index >= 15 is 0 Å². The van der Waals surface area contributed by atoms with Gasteiger partial charge in [0, 0.05) is 11.4 Å². The van der Waals surface area contributed by atoms with Crippen LogP contribution in [0.2, 0.25) is 10.0 Å². The van der Waals surface area contributed by atoms with E-state index in [1.807, 2.05) is 0 Å². The van der Waals surface area contributed by atoms with Crippen LogP contribution in [-0.4, -0.2) is 19.7 Å². The van der Waals surface area contributed by atoms with E-state index in [-0.39, 0.29) is 12.1 Å². The highest BCUT2D eigenvalue weighted by Gasteiger charge is 2.12. The maximum atomic E-state index is 12.5. The predicted molar refractivity (Wildman–Crippen MR) is 88.0 cm³/mol. The molecule has 0 radical (unpaired) electrons. The minimum absolute atomic E-state index is 0.158. The average Bonchev–Trinajstić information content (AvgIpc) is 2.96. The fourth-order valence-corrected chi connectivity index (χ4v) is 2.79. The van der Waals surface area contributed by atoms with Crippen molar-refractivity contribution in [3.63, 3.8) is 0 Å². The van der Waals surface area contributed by atoms with E-state index in [9.17, 15) is 4.79 Å². The summed E-state index contributed by atoms with van der Waals surface area (Å²) in [6, 6.07) is 3.11. The fraction of sp³-hybridized carbons (Fsp3) is 0.333. The molecule has 0 atom stereocenters. The van der Waals surface area contributed by atoms with Gasteiger partial charge in [0.05, 0.1) is 22.3 Å². The summed E-state index contributed by atoms with van der Waals surface area (Å²) in [5.74, 6) is 1.02. The average molecular weight is 353 g/mol.